The van der Waals surface area contributed by atoms with Crippen LogP contribution in [-0.2, 0) is 20.9 Å². The Bertz CT molecular complexity index is 890. The molecule has 0 spiro atoms. The Kier molecular flexibility index (Phi) is 5.42. The molecule has 5 rings (SSSR count). The minimum atomic E-state index is -0.310. The van der Waals surface area contributed by atoms with E-state index in [9.17, 15) is 14.4 Å². The first kappa shape index (κ1) is 20.4. The molecular formula is C25H31N3O3. The summed E-state index contributed by atoms with van der Waals surface area (Å²) in [6.45, 7) is 0.568. The fraction of sp³-hybridized carbons (Fsp3) is 0.560. The van der Waals surface area contributed by atoms with Gasteiger partial charge >= 0.3 is 0 Å². The number of nitrogens with one attached hydrogen (secondary N) is 1. The van der Waals surface area contributed by atoms with E-state index in [0.717, 1.165) is 24.2 Å². The van der Waals surface area contributed by atoms with Crippen molar-refractivity contribution in [1.29, 1.82) is 0 Å². The molecule has 4 unspecified atom stereocenters. The zero-order valence-electron chi connectivity index (χ0n) is 18.1. The van der Waals surface area contributed by atoms with Gasteiger partial charge in [-0.3, -0.25) is 24.2 Å². The average Bonchev–Trinajstić information content (AvgIpc) is 3.46. The third-order valence-electron chi connectivity index (χ3n) is 7.77. The van der Waals surface area contributed by atoms with Crippen LogP contribution < -0.4 is 5.32 Å². The number of hydrogen-bond acceptors (Lipinski definition) is 4. The predicted octanol–water partition coefficient (Wildman–Crippen LogP) is 3.20. The lowest BCUT2D eigenvalue weighted by atomic mass is 9.85. The lowest BCUT2D eigenvalue weighted by Crippen LogP contribution is -2.39. The molecule has 1 heterocycles. The van der Waals surface area contributed by atoms with Gasteiger partial charge in [0, 0.05) is 18.3 Å². The third-order valence-corrected chi connectivity index (χ3v) is 7.77. The van der Waals surface area contributed by atoms with E-state index < -0.39 is 0 Å². The molecule has 1 N–H and O–H groups in total. The first-order valence-electron chi connectivity index (χ1n) is 11.6. The molecule has 3 fully saturated rings. The molecule has 3 amide bonds. The second kappa shape index (κ2) is 8.23. The summed E-state index contributed by atoms with van der Waals surface area (Å²) < 4.78 is 0. The molecule has 0 radical (unpaired) electrons. The summed E-state index contributed by atoms with van der Waals surface area (Å²) in [5.41, 5.74) is 1.82. The number of anilines is 1. The van der Waals surface area contributed by atoms with Crippen molar-refractivity contribution in [2.24, 2.45) is 23.7 Å². The second-order valence-corrected chi connectivity index (χ2v) is 9.67. The molecule has 1 aromatic carbocycles. The minimum absolute atomic E-state index is 0.163. The molecule has 1 aromatic rings. The molecule has 3 aliphatic carbocycles. The molecular weight excluding hydrogens is 390 g/mol. The van der Waals surface area contributed by atoms with Crippen LogP contribution in [0.25, 0.3) is 0 Å². The maximum absolute atomic E-state index is 12.8. The molecule has 2 saturated carbocycles. The lowest BCUT2D eigenvalue weighted by molar-refractivity contribution is -0.143. The van der Waals surface area contributed by atoms with Crippen LogP contribution in [0.1, 0.15) is 44.1 Å². The van der Waals surface area contributed by atoms with E-state index in [1.54, 1.807) is 0 Å². The molecule has 164 valence electrons. The number of carbonyl (C=O) groups is 3. The lowest BCUT2D eigenvalue weighted by Gasteiger charge is -2.31. The Hall–Kier alpha value is -2.47. The molecule has 6 heteroatoms. The number of rotatable bonds is 6. The van der Waals surface area contributed by atoms with Gasteiger partial charge in [-0.15, -0.1) is 0 Å². The molecule has 1 aliphatic heterocycles. The van der Waals surface area contributed by atoms with Gasteiger partial charge in [0.25, 0.3) is 0 Å². The van der Waals surface area contributed by atoms with E-state index in [1.165, 1.54) is 37.0 Å². The van der Waals surface area contributed by atoms with Crippen molar-refractivity contribution in [2.75, 3.05) is 18.9 Å². The van der Waals surface area contributed by atoms with Crippen molar-refractivity contribution >= 4 is 23.4 Å². The largest absolute Gasteiger partial charge is 0.324 e. The summed E-state index contributed by atoms with van der Waals surface area (Å²) in [4.78, 5) is 42.1. The number of fused-ring (bicyclic) bond motifs is 5. The van der Waals surface area contributed by atoms with Crippen molar-refractivity contribution in [2.45, 2.75) is 51.1 Å². The van der Waals surface area contributed by atoms with Crippen LogP contribution in [-0.4, -0.2) is 47.2 Å². The number of benzene rings is 1. The number of hydrogen-bond donors (Lipinski definition) is 1. The SMILES string of the molecule is CN(Cc1ccccc1NC(=O)CN1C(=O)C2C3C=CC(C3)C2C1=O)C1CCCCC1. The number of carbonyl (C=O) groups excluding carboxylic acids is 3. The normalized spacial score (nSPS) is 29.8. The van der Waals surface area contributed by atoms with Crippen molar-refractivity contribution in [3.05, 3.63) is 42.0 Å². The van der Waals surface area contributed by atoms with Crippen LogP contribution in [0.15, 0.2) is 36.4 Å². The molecule has 6 nitrogen and oxygen atoms in total. The molecule has 4 aliphatic rings. The Balaban J connectivity index is 1.23. The first-order valence-corrected chi connectivity index (χ1v) is 11.6. The highest BCUT2D eigenvalue weighted by Crippen LogP contribution is 2.52. The van der Waals surface area contributed by atoms with Crippen LogP contribution in [0.2, 0.25) is 0 Å². The number of allylic oxidation sites excluding steroid dienone is 2. The van der Waals surface area contributed by atoms with Gasteiger partial charge in [-0.05, 0) is 49.8 Å². The maximum atomic E-state index is 12.8. The van der Waals surface area contributed by atoms with Crippen molar-refractivity contribution in [3.63, 3.8) is 0 Å². The van der Waals surface area contributed by atoms with Crippen molar-refractivity contribution in [1.82, 2.24) is 9.80 Å². The number of likely N-dealkylation sites (tertiary alicyclic amines) is 1. The van der Waals surface area contributed by atoms with Gasteiger partial charge < -0.3 is 5.32 Å². The summed E-state index contributed by atoms with van der Waals surface area (Å²) in [5, 5.41) is 2.96. The van der Waals surface area contributed by atoms with Gasteiger partial charge in [0.2, 0.25) is 17.7 Å². The number of amides is 3. The molecule has 31 heavy (non-hydrogen) atoms. The molecule has 4 atom stereocenters. The Morgan fingerprint density at radius 3 is 2.35 bits per heavy atom. The van der Waals surface area contributed by atoms with E-state index in [1.807, 2.05) is 24.3 Å². The number of nitrogens with zero attached hydrogens (tertiary/aromatic N) is 2. The molecule has 2 bridgehead atoms. The van der Waals surface area contributed by atoms with Crippen molar-refractivity contribution in [3.8, 4) is 0 Å². The van der Waals surface area contributed by atoms with Crippen LogP contribution in [0.4, 0.5) is 5.69 Å². The van der Waals surface area contributed by atoms with Crippen LogP contribution in [0.3, 0.4) is 0 Å². The van der Waals surface area contributed by atoms with Crippen molar-refractivity contribution < 1.29 is 14.4 Å². The van der Waals surface area contributed by atoms with E-state index >= 15 is 0 Å². The van der Waals surface area contributed by atoms with E-state index in [2.05, 4.69) is 29.4 Å². The monoisotopic (exact) mass is 421 g/mol. The molecule has 0 aromatic heterocycles. The topological polar surface area (TPSA) is 69.7 Å². The van der Waals surface area contributed by atoms with Crippen LogP contribution >= 0.6 is 0 Å². The van der Waals surface area contributed by atoms with E-state index in [-0.39, 0.29) is 47.9 Å². The fourth-order valence-corrected chi connectivity index (χ4v) is 6.15. The first-order chi connectivity index (χ1) is 15.0. The zero-order chi connectivity index (χ0) is 21.5. The smallest absolute Gasteiger partial charge is 0.244 e. The second-order valence-electron chi connectivity index (χ2n) is 9.67. The zero-order valence-corrected chi connectivity index (χ0v) is 18.1. The summed E-state index contributed by atoms with van der Waals surface area (Å²) in [6.07, 6.45) is 11.4. The quantitative estimate of drug-likeness (QED) is 0.566. The van der Waals surface area contributed by atoms with Crippen LogP contribution in [0, 0.1) is 23.7 Å². The minimum Gasteiger partial charge on any atom is -0.324 e. The predicted molar refractivity (Wildman–Crippen MR) is 118 cm³/mol. The van der Waals surface area contributed by atoms with Gasteiger partial charge in [-0.25, -0.2) is 0 Å². The van der Waals surface area contributed by atoms with Gasteiger partial charge in [0.05, 0.1) is 11.8 Å². The van der Waals surface area contributed by atoms with Gasteiger partial charge in [0.15, 0.2) is 0 Å². The summed E-state index contributed by atoms with van der Waals surface area (Å²) in [5.74, 6) is -0.848. The number of para-hydroxylation sites is 1. The van der Waals surface area contributed by atoms with E-state index in [0.29, 0.717) is 6.04 Å². The fourth-order valence-electron chi connectivity index (χ4n) is 6.15. The van der Waals surface area contributed by atoms with Gasteiger partial charge in [0.1, 0.15) is 6.54 Å². The number of imide groups is 1. The Morgan fingerprint density at radius 1 is 1.03 bits per heavy atom. The summed E-state index contributed by atoms with van der Waals surface area (Å²) >= 11 is 0. The highest BCUT2D eigenvalue weighted by atomic mass is 16.2. The maximum Gasteiger partial charge on any atom is 0.244 e. The Morgan fingerprint density at radius 2 is 1.68 bits per heavy atom. The van der Waals surface area contributed by atoms with Gasteiger partial charge in [-0.2, -0.15) is 0 Å². The third kappa shape index (κ3) is 3.71. The standard InChI is InChI=1S/C25H31N3O3/c1-27(19-8-3-2-4-9-19)14-18-7-5-6-10-20(18)26-21(29)15-28-24(30)22-16-11-12-17(13-16)23(22)25(28)31/h5-7,10-12,16-17,19,22-23H,2-4,8-9,13-15H2,1H3,(H,26,29). The van der Waals surface area contributed by atoms with Gasteiger partial charge in [-0.1, -0.05) is 49.6 Å². The summed E-state index contributed by atoms with van der Waals surface area (Å²) in [7, 11) is 2.15. The molecule has 1 saturated heterocycles. The average molecular weight is 422 g/mol. The van der Waals surface area contributed by atoms with E-state index in [4.69, 9.17) is 0 Å². The van der Waals surface area contributed by atoms with Crippen LogP contribution in [0.5, 0.6) is 0 Å². The highest BCUT2D eigenvalue weighted by molar-refractivity contribution is 6.09. The highest BCUT2D eigenvalue weighted by Gasteiger charge is 2.59. The Labute approximate surface area is 183 Å². The summed E-state index contributed by atoms with van der Waals surface area (Å²) in [6, 6.07) is 8.40.